The zero-order valence-electron chi connectivity index (χ0n) is 5.99. The van der Waals surface area contributed by atoms with E-state index in [1.807, 2.05) is 24.3 Å². The molecule has 0 aromatic heterocycles. The Balaban J connectivity index is 2.97. The number of allylic oxidation sites excluding steroid dienone is 1. The van der Waals surface area contributed by atoms with Gasteiger partial charge in [-0.25, -0.2) is 0 Å². The number of hydrogen-bond acceptors (Lipinski definition) is 2. The number of rotatable bonds is 1. The molecule has 54 valence electrons. The molecule has 2 nitrogen and oxygen atoms in total. The molecule has 2 heteroatoms. The summed E-state index contributed by atoms with van der Waals surface area (Å²) in [7, 11) is 0. The number of nitrogens with zero attached hydrogens (tertiary/aromatic N) is 1. The fourth-order valence-electron chi connectivity index (χ4n) is 0.790. The summed E-state index contributed by atoms with van der Waals surface area (Å²) in [6, 6.07) is 9.32. The molecule has 0 aliphatic carbocycles. The Labute approximate surface area is 65.6 Å². The monoisotopic (exact) mass is 144 g/mol. The second-order valence-electron chi connectivity index (χ2n) is 2.09. The molecule has 0 bridgehead atoms. The van der Waals surface area contributed by atoms with E-state index >= 15 is 0 Å². The van der Waals surface area contributed by atoms with Crippen LogP contribution in [0.2, 0.25) is 0 Å². The van der Waals surface area contributed by atoms with E-state index in [9.17, 15) is 0 Å². The minimum Gasteiger partial charge on any atom is -0.398 e. The van der Waals surface area contributed by atoms with Crippen LogP contribution >= 0.6 is 0 Å². The van der Waals surface area contributed by atoms with Crippen molar-refractivity contribution in [3.05, 3.63) is 35.9 Å². The van der Waals surface area contributed by atoms with Crippen LogP contribution in [-0.2, 0) is 0 Å². The Bertz CT molecular complexity index is 308. The van der Waals surface area contributed by atoms with Crippen LogP contribution in [0.4, 0.5) is 5.69 Å². The van der Waals surface area contributed by atoms with E-state index in [1.54, 1.807) is 12.1 Å². The largest absolute Gasteiger partial charge is 0.398 e. The van der Waals surface area contributed by atoms with Crippen molar-refractivity contribution in [2.75, 3.05) is 5.73 Å². The molecular weight excluding hydrogens is 136 g/mol. The van der Waals surface area contributed by atoms with Crippen molar-refractivity contribution >= 4 is 11.8 Å². The number of para-hydroxylation sites is 1. The van der Waals surface area contributed by atoms with Gasteiger partial charge in [0.25, 0.3) is 0 Å². The lowest BCUT2D eigenvalue weighted by Crippen LogP contribution is -1.86. The third kappa shape index (κ3) is 1.84. The van der Waals surface area contributed by atoms with Crippen LogP contribution in [0.15, 0.2) is 30.3 Å². The van der Waals surface area contributed by atoms with Crippen LogP contribution in [0.3, 0.4) is 0 Å². The molecule has 0 amide bonds. The number of anilines is 1. The van der Waals surface area contributed by atoms with Gasteiger partial charge < -0.3 is 5.73 Å². The summed E-state index contributed by atoms with van der Waals surface area (Å²) in [5.74, 6) is 0. The van der Waals surface area contributed by atoms with Gasteiger partial charge in [0.15, 0.2) is 0 Å². The Hall–Kier alpha value is -1.75. The molecule has 1 aromatic rings. The maximum atomic E-state index is 8.24. The summed E-state index contributed by atoms with van der Waals surface area (Å²) in [6.45, 7) is 0. The van der Waals surface area contributed by atoms with Crippen molar-refractivity contribution in [2.24, 2.45) is 0 Å². The van der Waals surface area contributed by atoms with E-state index in [0.29, 0.717) is 5.69 Å². The Morgan fingerprint density at radius 2 is 2.09 bits per heavy atom. The fraction of sp³-hybridized carbons (Fsp3) is 0. The molecule has 0 fully saturated rings. The Kier molecular flexibility index (Phi) is 2.29. The van der Waals surface area contributed by atoms with Gasteiger partial charge in [-0.2, -0.15) is 5.26 Å². The quantitative estimate of drug-likeness (QED) is 0.482. The van der Waals surface area contributed by atoms with Gasteiger partial charge in [0.1, 0.15) is 0 Å². The number of nitriles is 1. The topological polar surface area (TPSA) is 49.8 Å². The van der Waals surface area contributed by atoms with Gasteiger partial charge in [0.05, 0.1) is 6.07 Å². The van der Waals surface area contributed by atoms with Crippen molar-refractivity contribution in [1.82, 2.24) is 0 Å². The average Bonchev–Trinajstić information content (AvgIpc) is 2.03. The van der Waals surface area contributed by atoms with Crippen molar-refractivity contribution in [3.63, 3.8) is 0 Å². The Morgan fingerprint density at radius 1 is 1.36 bits per heavy atom. The highest BCUT2D eigenvalue weighted by Gasteiger charge is 1.89. The maximum Gasteiger partial charge on any atom is 0.0912 e. The van der Waals surface area contributed by atoms with Gasteiger partial charge in [-0.15, -0.1) is 0 Å². The van der Waals surface area contributed by atoms with Crippen LogP contribution in [0, 0.1) is 11.3 Å². The maximum absolute atomic E-state index is 8.24. The highest BCUT2D eigenvalue weighted by Crippen LogP contribution is 2.11. The standard InChI is InChI=1S/C9H8N2/c10-7-3-5-8-4-1-2-6-9(8)11/h1-6H,11H2. The van der Waals surface area contributed by atoms with Gasteiger partial charge in [0, 0.05) is 11.8 Å². The summed E-state index contributed by atoms with van der Waals surface area (Å²) in [5.41, 5.74) is 7.18. The normalized spacial score (nSPS) is 9.73. The van der Waals surface area contributed by atoms with Crippen molar-refractivity contribution < 1.29 is 0 Å². The first kappa shape index (κ1) is 7.36. The smallest absolute Gasteiger partial charge is 0.0912 e. The summed E-state index contributed by atoms with van der Waals surface area (Å²) in [5, 5.41) is 8.24. The van der Waals surface area contributed by atoms with E-state index in [-0.39, 0.29) is 0 Å². The lowest BCUT2D eigenvalue weighted by atomic mass is 10.2. The first-order chi connectivity index (χ1) is 5.34. The van der Waals surface area contributed by atoms with Crippen LogP contribution in [0.5, 0.6) is 0 Å². The van der Waals surface area contributed by atoms with E-state index in [4.69, 9.17) is 11.0 Å². The summed E-state index contributed by atoms with van der Waals surface area (Å²) in [6.07, 6.45) is 3.10. The predicted octanol–water partition coefficient (Wildman–Crippen LogP) is 1.81. The number of hydrogen-bond donors (Lipinski definition) is 1. The lowest BCUT2D eigenvalue weighted by Gasteiger charge is -1.95. The predicted molar refractivity (Wildman–Crippen MR) is 45.5 cm³/mol. The molecule has 1 rings (SSSR count). The second-order valence-corrected chi connectivity index (χ2v) is 2.09. The SMILES string of the molecule is N#CC=Cc1ccccc1N. The van der Waals surface area contributed by atoms with Crippen molar-refractivity contribution in [1.29, 1.82) is 5.26 Å². The first-order valence-electron chi connectivity index (χ1n) is 3.25. The third-order valence-electron chi connectivity index (χ3n) is 1.33. The molecule has 0 radical (unpaired) electrons. The molecule has 2 N–H and O–H groups in total. The number of benzene rings is 1. The average molecular weight is 144 g/mol. The molecule has 1 aromatic carbocycles. The van der Waals surface area contributed by atoms with E-state index in [2.05, 4.69) is 0 Å². The van der Waals surface area contributed by atoms with Crippen LogP contribution < -0.4 is 5.73 Å². The third-order valence-corrected chi connectivity index (χ3v) is 1.33. The van der Waals surface area contributed by atoms with E-state index in [1.165, 1.54) is 6.08 Å². The molecule has 0 spiro atoms. The molecular formula is C9H8N2. The zero-order chi connectivity index (χ0) is 8.10. The number of nitrogens with two attached hydrogens (primary N) is 1. The summed E-state index contributed by atoms with van der Waals surface area (Å²) >= 11 is 0. The Morgan fingerprint density at radius 3 is 2.73 bits per heavy atom. The van der Waals surface area contributed by atoms with Gasteiger partial charge in [-0.3, -0.25) is 0 Å². The number of nitrogen functional groups attached to an aromatic ring is 1. The van der Waals surface area contributed by atoms with Gasteiger partial charge in [-0.05, 0) is 17.7 Å². The molecule has 0 saturated carbocycles. The van der Waals surface area contributed by atoms with E-state index < -0.39 is 0 Å². The highest BCUT2D eigenvalue weighted by molar-refractivity contribution is 5.65. The van der Waals surface area contributed by atoms with E-state index in [0.717, 1.165) is 5.56 Å². The zero-order valence-corrected chi connectivity index (χ0v) is 5.99. The van der Waals surface area contributed by atoms with Crippen LogP contribution in [0.1, 0.15) is 5.56 Å². The first-order valence-corrected chi connectivity index (χ1v) is 3.25. The fourth-order valence-corrected chi connectivity index (χ4v) is 0.790. The minimum atomic E-state index is 0.694. The van der Waals surface area contributed by atoms with Crippen LogP contribution in [-0.4, -0.2) is 0 Å². The second kappa shape index (κ2) is 3.43. The minimum absolute atomic E-state index is 0.694. The van der Waals surface area contributed by atoms with Crippen molar-refractivity contribution in [3.8, 4) is 6.07 Å². The summed E-state index contributed by atoms with van der Waals surface area (Å²) in [4.78, 5) is 0. The molecule has 0 aliphatic rings. The molecule has 0 atom stereocenters. The van der Waals surface area contributed by atoms with Gasteiger partial charge in [-0.1, -0.05) is 18.2 Å². The highest BCUT2D eigenvalue weighted by atomic mass is 14.5. The molecule has 0 aliphatic heterocycles. The molecule has 11 heavy (non-hydrogen) atoms. The lowest BCUT2D eigenvalue weighted by molar-refractivity contribution is 1.54. The van der Waals surface area contributed by atoms with Gasteiger partial charge in [0.2, 0.25) is 0 Å². The molecule has 0 unspecified atom stereocenters. The summed E-state index contributed by atoms with van der Waals surface area (Å²) < 4.78 is 0. The van der Waals surface area contributed by atoms with Crippen LogP contribution in [0.25, 0.3) is 6.08 Å². The van der Waals surface area contributed by atoms with Gasteiger partial charge >= 0.3 is 0 Å². The molecule has 0 heterocycles. The van der Waals surface area contributed by atoms with Crippen molar-refractivity contribution in [2.45, 2.75) is 0 Å². The molecule has 0 saturated heterocycles.